The summed E-state index contributed by atoms with van der Waals surface area (Å²) in [5, 5.41) is 3.31. The zero-order chi connectivity index (χ0) is 14.5. The number of carbonyl (C=O) groups excluding carboxylic acids is 1. The molecule has 2 aromatic carbocycles. The van der Waals surface area contributed by atoms with E-state index >= 15 is 0 Å². The highest BCUT2D eigenvalue weighted by molar-refractivity contribution is 9.10. The van der Waals surface area contributed by atoms with Crippen molar-refractivity contribution in [2.75, 3.05) is 12.4 Å². The third-order valence-electron chi connectivity index (χ3n) is 2.99. The van der Waals surface area contributed by atoms with Crippen LogP contribution in [0.3, 0.4) is 0 Å². The molecule has 0 radical (unpaired) electrons. The van der Waals surface area contributed by atoms with Crippen molar-refractivity contribution in [1.82, 2.24) is 0 Å². The summed E-state index contributed by atoms with van der Waals surface area (Å²) in [4.78, 5) is 11.4. The Morgan fingerprint density at radius 3 is 2.75 bits per heavy atom. The van der Waals surface area contributed by atoms with Gasteiger partial charge >= 0.3 is 0 Å². The summed E-state index contributed by atoms with van der Waals surface area (Å²) >= 11 is 3.45. The standard InChI is InChI=1S/C16H16BrNO2/c1-11(19)12-4-3-5-15(9-12)18-10-13-8-14(17)6-7-16(13)20-2/h3-9,18H,10H2,1-2H3. The molecule has 0 bridgehead atoms. The van der Waals surface area contributed by atoms with E-state index in [1.807, 2.05) is 42.5 Å². The molecule has 0 heterocycles. The number of methoxy groups -OCH3 is 1. The van der Waals surface area contributed by atoms with Gasteiger partial charge in [0.25, 0.3) is 0 Å². The first-order valence-electron chi connectivity index (χ1n) is 6.27. The van der Waals surface area contributed by atoms with Gasteiger partial charge in [0.15, 0.2) is 5.78 Å². The average molecular weight is 334 g/mol. The predicted molar refractivity (Wildman–Crippen MR) is 84.5 cm³/mol. The second-order valence-electron chi connectivity index (χ2n) is 4.45. The first kappa shape index (κ1) is 14.6. The zero-order valence-electron chi connectivity index (χ0n) is 11.4. The van der Waals surface area contributed by atoms with Crippen LogP contribution in [0, 0.1) is 0 Å². The zero-order valence-corrected chi connectivity index (χ0v) is 13.0. The van der Waals surface area contributed by atoms with Gasteiger partial charge in [-0.25, -0.2) is 0 Å². The highest BCUT2D eigenvalue weighted by Crippen LogP contribution is 2.24. The molecule has 0 unspecified atom stereocenters. The van der Waals surface area contributed by atoms with Crippen LogP contribution in [0.25, 0.3) is 0 Å². The van der Waals surface area contributed by atoms with E-state index in [1.165, 1.54) is 0 Å². The lowest BCUT2D eigenvalue weighted by molar-refractivity contribution is 0.101. The molecule has 0 fully saturated rings. The van der Waals surface area contributed by atoms with Gasteiger partial charge in [0.1, 0.15) is 5.75 Å². The van der Waals surface area contributed by atoms with Crippen LogP contribution in [-0.4, -0.2) is 12.9 Å². The molecule has 104 valence electrons. The van der Waals surface area contributed by atoms with Gasteiger partial charge in [-0.15, -0.1) is 0 Å². The maximum atomic E-state index is 11.4. The van der Waals surface area contributed by atoms with E-state index in [0.717, 1.165) is 21.5 Å². The van der Waals surface area contributed by atoms with Crippen molar-refractivity contribution >= 4 is 27.4 Å². The number of carbonyl (C=O) groups is 1. The summed E-state index contributed by atoms with van der Waals surface area (Å²) in [7, 11) is 1.66. The van der Waals surface area contributed by atoms with E-state index in [0.29, 0.717) is 12.1 Å². The number of nitrogens with one attached hydrogen (secondary N) is 1. The number of Topliss-reactive ketones (excluding diaryl/α,β-unsaturated/α-hetero) is 1. The molecule has 0 aromatic heterocycles. The van der Waals surface area contributed by atoms with Crippen LogP contribution >= 0.6 is 15.9 Å². The average Bonchev–Trinajstić information content (AvgIpc) is 2.45. The molecule has 4 heteroatoms. The van der Waals surface area contributed by atoms with E-state index in [2.05, 4.69) is 21.2 Å². The van der Waals surface area contributed by atoms with Crippen LogP contribution in [0.4, 0.5) is 5.69 Å². The molecule has 0 atom stereocenters. The number of hydrogen-bond acceptors (Lipinski definition) is 3. The summed E-state index contributed by atoms with van der Waals surface area (Å²) in [6.07, 6.45) is 0. The Hall–Kier alpha value is -1.81. The number of hydrogen-bond donors (Lipinski definition) is 1. The molecule has 0 spiro atoms. The molecule has 3 nitrogen and oxygen atoms in total. The summed E-state index contributed by atoms with van der Waals surface area (Å²) in [5.41, 5.74) is 2.67. The molecule has 1 N–H and O–H groups in total. The van der Waals surface area contributed by atoms with Crippen molar-refractivity contribution in [3.05, 3.63) is 58.1 Å². The highest BCUT2D eigenvalue weighted by Gasteiger charge is 2.05. The fourth-order valence-corrected chi connectivity index (χ4v) is 2.34. The van der Waals surface area contributed by atoms with Crippen LogP contribution in [0.2, 0.25) is 0 Å². The molecule has 0 aliphatic carbocycles. The molecule has 0 aliphatic heterocycles. The minimum absolute atomic E-state index is 0.0636. The van der Waals surface area contributed by atoms with Crippen LogP contribution in [0.1, 0.15) is 22.8 Å². The lowest BCUT2D eigenvalue weighted by Gasteiger charge is -2.11. The second kappa shape index (κ2) is 6.57. The Labute approximate surface area is 127 Å². The monoisotopic (exact) mass is 333 g/mol. The molecule has 0 saturated carbocycles. The minimum Gasteiger partial charge on any atom is -0.496 e. The third-order valence-corrected chi connectivity index (χ3v) is 3.49. The van der Waals surface area contributed by atoms with Crippen LogP contribution in [0.15, 0.2) is 46.9 Å². The van der Waals surface area contributed by atoms with E-state index in [-0.39, 0.29) is 5.78 Å². The summed E-state index contributed by atoms with van der Waals surface area (Å²) in [5.74, 6) is 0.900. The van der Waals surface area contributed by atoms with Gasteiger partial charge < -0.3 is 10.1 Å². The molecule has 0 aliphatic rings. The molecule has 2 aromatic rings. The Morgan fingerprint density at radius 1 is 1.25 bits per heavy atom. The Kier molecular flexibility index (Phi) is 4.79. The summed E-state index contributed by atoms with van der Waals surface area (Å²) in [6, 6.07) is 13.4. The first-order valence-corrected chi connectivity index (χ1v) is 7.06. The summed E-state index contributed by atoms with van der Waals surface area (Å²) in [6.45, 7) is 2.19. The van der Waals surface area contributed by atoms with Crippen molar-refractivity contribution in [3.63, 3.8) is 0 Å². The van der Waals surface area contributed by atoms with Gasteiger partial charge in [-0.2, -0.15) is 0 Å². The first-order chi connectivity index (χ1) is 9.60. The Bertz CT molecular complexity index is 626. The van der Waals surface area contributed by atoms with E-state index in [9.17, 15) is 4.79 Å². The lowest BCUT2D eigenvalue weighted by atomic mass is 10.1. The molecule has 0 saturated heterocycles. The van der Waals surface area contributed by atoms with E-state index in [4.69, 9.17) is 4.74 Å². The van der Waals surface area contributed by atoms with E-state index < -0.39 is 0 Å². The number of anilines is 1. The second-order valence-corrected chi connectivity index (χ2v) is 5.36. The molecular formula is C16H16BrNO2. The maximum Gasteiger partial charge on any atom is 0.159 e. The van der Waals surface area contributed by atoms with Gasteiger partial charge in [0, 0.05) is 27.8 Å². The topological polar surface area (TPSA) is 38.3 Å². The van der Waals surface area contributed by atoms with Crippen molar-refractivity contribution < 1.29 is 9.53 Å². The van der Waals surface area contributed by atoms with Gasteiger partial charge in [0.2, 0.25) is 0 Å². The van der Waals surface area contributed by atoms with Gasteiger partial charge in [-0.05, 0) is 37.3 Å². The third kappa shape index (κ3) is 3.61. The van der Waals surface area contributed by atoms with Crippen molar-refractivity contribution in [1.29, 1.82) is 0 Å². The number of ether oxygens (including phenoxy) is 1. The molecule has 2 rings (SSSR count). The van der Waals surface area contributed by atoms with Crippen molar-refractivity contribution in [2.24, 2.45) is 0 Å². The Morgan fingerprint density at radius 2 is 2.05 bits per heavy atom. The van der Waals surface area contributed by atoms with Crippen LogP contribution in [0.5, 0.6) is 5.75 Å². The summed E-state index contributed by atoms with van der Waals surface area (Å²) < 4.78 is 6.34. The molecule has 20 heavy (non-hydrogen) atoms. The number of benzene rings is 2. The quantitative estimate of drug-likeness (QED) is 0.830. The minimum atomic E-state index is 0.0636. The molecular weight excluding hydrogens is 318 g/mol. The van der Waals surface area contributed by atoms with Gasteiger partial charge in [-0.1, -0.05) is 28.1 Å². The molecule has 0 amide bonds. The van der Waals surface area contributed by atoms with Crippen molar-refractivity contribution in [2.45, 2.75) is 13.5 Å². The number of rotatable bonds is 5. The number of halogens is 1. The normalized spacial score (nSPS) is 10.2. The fraction of sp³-hybridized carbons (Fsp3) is 0.188. The van der Waals surface area contributed by atoms with Crippen LogP contribution in [-0.2, 0) is 6.54 Å². The highest BCUT2D eigenvalue weighted by atomic mass is 79.9. The van der Waals surface area contributed by atoms with Crippen molar-refractivity contribution in [3.8, 4) is 5.75 Å². The number of ketones is 1. The SMILES string of the molecule is COc1ccc(Br)cc1CNc1cccc(C(C)=O)c1. The van der Waals surface area contributed by atoms with Crippen LogP contribution < -0.4 is 10.1 Å². The smallest absolute Gasteiger partial charge is 0.159 e. The fourth-order valence-electron chi connectivity index (χ4n) is 1.93. The van der Waals surface area contributed by atoms with E-state index in [1.54, 1.807) is 14.0 Å². The maximum absolute atomic E-state index is 11.4. The lowest BCUT2D eigenvalue weighted by Crippen LogP contribution is -2.03. The Balaban J connectivity index is 2.14. The largest absolute Gasteiger partial charge is 0.496 e. The van der Waals surface area contributed by atoms with Gasteiger partial charge in [0.05, 0.1) is 7.11 Å². The predicted octanol–water partition coefficient (Wildman–Crippen LogP) is 4.27. The van der Waals surface area contributed by atoms with Gasteiger partial charge in [-0.3, -0.25) is 4.79 Å².